The highest BCUT2D eigenvalue weighted by molar-refractivity contribution is 8.02. The number of hydrogen-bond acceptors (Lipinski definition) is 5. The molecular weight excluding hydrogens is 414 g/mol. The van der Waals surface area contributed by atoms with Crippen LogP contribution in [0.25, 0.3) is 0 Å². The highest BCUT2D eigenvalue weighted by atomic mass is 32.2. The number of thioether (sulfide) groups is 1. The smallest absolute Gasteiger partial charge is 0.248 e. The molecule has 3 heterocycles. The summed E-state index contributed by atoms with van der Waals surface area (Å²) in [5, 5.41) is 15.7. The van der Waals surface area contributed by atoms with Crippen LogP contribution in [-0.4, -0.2) is 63.0 Å². The van der Waals surface area contributed by atoms with Gasteiger partial charge in [0.1, 0.15) is 6.04 Å². The van der Waals surface area contributed by atoms with E-state index in [9.17, 15) is 19.5 Å². The van der Waals surface area contributed by atoms with Crippen molar-refractivity contribution in [3.63, 3.8) is 0 Å². The summed E-state index contributed by atoms with van der Waals surface area (Å²) in [6.45, 7) is 7.43. The summed E-state index contributed by atoms with van der Waals surface area (Å²) in [4.78, 5) is 41.9. The van der Waals surface area contributed by atoms with E-state index in [2.05, 4.69) is 10.6 Å². The van der Waals surface area contributed by atoms with Gasteiger partial charge >= 0.3 is 0 Å². The van der Waals surface area contributed by atoms with Crippen molar-refractivity contribution in [3.05, 3.63) is 29.3 Å². The summed E-state index contributed by atoms with van der Waals surface area (Å²) in [5.41, 5.74) is 2.65. The second-order valence-electron chi connectivity index (χ2n) is 9.37. The van der Waals surface area contributed by atoms with E-state index in [0.29, 0.717) is 6.42 Å². The Kier molecular flexibility index (Phi) is 5.37. The Morgan fingerprint density at radius 2 is 1.90 bits per heavy atom. The third-order valence-corrected chi connectivity index (χ3v) is 9.45. The zero-order valence-electron chi connectivity index (χ0n) is 18.7. The van der Waals surface area contributed by atoms with Gasteiger partial charge in [0.2, 0.25) is 17.7 Å². The number of fused-ring (bicyclic) bond motifs is 1. The largest absolute Gasteiger partial charge is 0.394 e. The zero-order valence-corrected chi connectivity index (χ0v) is 19.5. The van der Waals surface area contributed by atoms with E-state index in [1.54, 1.807) is 30.6 Å². The standard InChI is InChI=1S/C23H31N3O4S/c1-12-7-6-8-13(2)17(12)25-20(29)18-23-10-9-22(4,31-23)15(19(28)24-5)16(23)21(30)26(18)14(3)11-27/h6-8,14-16,18,27H,9-11H2,1-5H3,(H,24,28)(H,25,29)/t14-,15+,16+,18?,22-,23?/m1/s1. The molecule has 2 bridgehead atoms. The predicted molar refractivity (Wildman–Crippen MR) is 121 cm³/mol. The van der Waals surface area contributed by atoms with Crippen molar-refractivity contribution in [2.45, 2.75) is 62.1 Å². The molecule has 0 radical (unpaired) electrons. The second kappa shape index (κ2) is 7.52. The van der Waals surface area contributed by atoms with E-state index >= 15 is 0 Å². The first kappa shape index (κ1) is 22.1. The van der Waals surface area contributed by atoms with Gasteiger partial charge in [0.05, 0.1) is 29.2 Å². The van der Waals surface area contributed by atoms with Crippen molar-refractivity contribution < 1.29 is 19.5 Å². The number of rotatable bonds is 5. The number of para-hydroxylation sites is 1. The van der Waals surface area contributed by atoms with Gasteiger partial charge in [-0.15, -0.1) is 11.8 Å². The number of aliphatic hydroxyl groups is 1. The van der Waals surface area contributed by atoms with Crippen LogP contribution in [0.3, 0.4) is 0 Å². The second-order valence-corrected chi connectivity index (χ2v) is 11.3. The summed E-state index contributed by atoms with van der Waals surface area (Å²) >= 11 is 1.63. The Labute approximate surface area is 187 Å². The normalized spacial score (nSPS) is 34.6. The Hall–Kier alpha value is -2.06. The molecule has 4 rings (SSSR count). The first-order valence-corrected chi connectivity index (χ1v) is 11.6. The van der Waals surface area contributed by atoms with Gasteiger partial charge in [-0.25, -0.2) is 0 Å². The number of carbonyl (C=O) groups excluding carboxylic acids is 3. The van der Waals surface area contributed by atoms with Gasteiger partial charge in [0.15, 0.2) is 0 Å². The van der Waals surface area contributed by atoms with Crippen molar-refractivity contribution in [2.24, 2.45) is 11.8 Å². The summed E-state index contributed by atoms with van der Waals surface area (Å²) in [6, 6.07) is 4.57. The SMILES string of the molecule is CNC(=O)[C@@H]1[C@H]2C(=O)N([C@H](C)CO)C(C(=O)Nc3c(C)cccc3C)C23CC[C@@]1(C)S3. The molecule has 8 heteroatoms. The monoisotopic (exact) mass is 445 g/mol. The van der Waals surface area contributed by atoms with Gasteiger partial charge in [-0.2, -0.15) is 0 Å². The van der Waals surface area contributed by atoms with Crippen molar-refractivity contribution in [2.75, 3.05) is 19.0 Å². The molecule has 1 aromatic carbocycles. The summed E-state index contributed by atoms with van der Waals surface area (Å²) in [6.07, 6.45) is 1.46. The van der Waals surface area contributed by atoms with Gasteiger partial charge in [-0.3, -0.25) is 14.4 Å². The fourth-order valence-electron chi connectivity index (χ4n) is 5.99. The molecule has 0 saturated carbocycles. The third kappa shape index (κ3) is 3.02. The van der Waals surface area contributed by atoms with E-state index in [0.717, 1.165) is 23.2 Å². The Balaban J connectivity index is 1.79. The van der Waals surface area contributed by atoms with E-state index < -0.39 is 28.7 Å². The Morgan fingerprint density at radius 3 is 2.48 bits per heavy atom. The van der Waals surface area contributed by atoms with Gasteiger partial charge in [0, 0.05) is 17.5 Å². The fraction of sp³-hybridized carbons (Fsp3) is 0.609. The lowest BCUT2D eigenvalue weighted by molar-refractivity contribution is -0.142. The lowest BCUT2D eigenvalue weighted by Crippen LogP contribution is -2.54. The molecule has 1 aromatic rings. The number of amides is 3. The molecule has 1 spiro atoms. The van der Waals surface area contributed by atoms with Crippen LogP contribution in [0.5, 0.6) is 0 Å². The minimum atomic E-state index is -0.743. The average Bonchev–Trinajstić information content (AvgIpc) is 3.30. The van der Waals surface area contributed by atoms with Crippen LogP contribution in [0.15, 0.2) is 18.2 Å². The van der Waals surface area contributed by atoms with E-state index in [4.69, 9.17) is 0 Å². The molecule has 3 fully saturated rings. The van der Waals surface area contributed by atoms with Crippen LogP contribution in [0.2, 0.25) is 0 Å². The molecular formula is C23H31N3O4S. The number of carbonyl (C=O) groups is 3. The topological polar surface area (TPSA) is 98.7 Å². The average molecular weight is 446 g/mol. The molecule has 168 valence electrons. The molecule has 3 amide bonds. The zero-order chi connectivity index (χ0) is 22.7. The molecule has 3 N–H and O–H groups in total. The minimum absolute atomic E-state index is 0.151. The van der Waals surface area contributed by atoms with Gasteiger partial charge < -0.3 is 20.6 Å². The van der Waals surface area contributed by atoms with Crippen LogP contribution >= 0.6 is 11.8 Å². The number of nitrogens with zero attached hydrogens (tertiary/aromatic N) is 1. The maximum Gasteiger partial charge on any atom is 0.248 e. The number of hydrogen-bond donors (Lipinski definition) is 3. The Bertz CT molecular complexity index is 932. The molecule has 31 heavy (non-hydrogen) atoms. The van der Waals surface area contributed by atoms with Gasteiger partial charge in [-0.1, -0.05) is 18.2 Å². The van der Waals surface area contributed by atoms with Crippen molar-refractivity contribution >= 4 is 35.2 Å². The molecule has 0 aromatic heterocycles. The van der Waals surface area contributed by atoms with Crippen molar-refractivity contribution in [1.82, 2.24) is 10.2 Å². The van der Waals surface area contributed by atoms with E-state index in [1.807, 2.05) is 39.0 Å². The molecule has 3 saturated heterocycles. The molecule has 3 aliphatic heterocycles. The van der Waals surface area contributed by atoms with E-state index in [-0.39, 0.29) is 29.1 Å². The molecule has 3 aliphatic rings. The van der Waals surface area contributed by atoms with Crippen molar-refractivity contribution in [3.8, 4) is 0 Å². The molecule has 0 aliphatic carbocycles. The summed E-state index contributed by atoms with van der Waals surface area (Å²) in [7, 11) is 1.59. The van der Waals surface area contributed by atoms with Crippen LogP contribution < -0.4 is 10.6 Å². The molecule has 6 atom stereocenters. The third-order valence-electron chi connectivity index (χ3n) is 7.46. The first-order valence-electron chi connectivity index (χ1n) is 10.8. The lowest BCUT2D eigenvalue weighted by atomic mass is 9.66. The fourth-order valence-corrected chi connectivity index (χ4v) is 8.33. The number of aliphatic hydroxyl groups excluding tert-OH is 1. The van der Waals surface area contributed by atoms with Crippen LogP contribution in [0, 0.1) is 25.7 Å². The number of benzene rings is 1. The highest BCUT2D eigenvalue weighted by Gasteiger charge is 2.77. The maximum absolute atomic E-state index is 13.8. The number of anilines is 1. The number of aryl methyl sites for hydroxylation is 2. The first-order chi connectivity index (χ1) is 14.6. The van der Waals surface area contributed by atoms with Crippen LogP contribution in [-0.2, 0) is 14.4 Å². The lowest BCUT2D eigenvalue weighted by Gasteiger charge is -2.36. The quantitative estimate of drug-likeness (QED) is 0.643. The minimum Gasteiger partial charge on any atom is -0.394 e. The van der Waals surface area contributed by atoms with Gasteiger partial charge in [0.25, 0.3) is 0 Å². The highest BCUT2D eigenvalue weighted by Crippen LogP contribution is 2.71. The van der Waals surface area contributed by atoms with E-state index in [1.165, 1.54) is 0 Å². The number of likely N-dealkylation sites (tertiary alicyclic amines) is 1. The molecule has 2 unspecified atom stereocenters. The summed E-state index contributed by atoms with van der Waals surface area (Å²) in [5.74, 6) is -1.66. The van der Waals surface area contributed by atoms with Gasteiger partial charge in [-0.05, 0) is 51.7 Å². The summed E-state index contributed by atoms with van der Waals surface area (Å²) < 4.78 is -1.06. The maximum atomic E-state index is 13.8. The van der Waals surface area contributed by atoms with Crippen LogP contribution in [0.4, 0.5) is 5.69 Å². The number of nitrogens with one attached hydrogen (secondary N) is 2. The van der Waals surface area contributed by atoms with Crippen molar-refractivity contribution in [1.29, 1.82) is 0 Å². The predicted octanol–water partition coefficient (Wildman–Crippen LogP) is 1.85. The van der Waals surface area contributed by atoms with Crippen LogP contribution in [0.1, 0.15) is 37.8 Å². The Morgan fingerprint density at radius 1 is 1.26 bits per heavy atom. The molecule has 7 nitrogen and oxygen atoms in total.